The summed E-state index contributed by atoms with van der Waals surface area (Å²) >= 11 is 0. The molecule has 0 aliphatic rings. The van der Waals surface area contributed by atoms with Crippen molar-refractivity contribution in [2.45, 2.75) is 19.3 Å². The summed E-state index contributed by atoms with van der Waals surface area (Å²) in [5.74, 6) is 0.489. The number of fused-ring (bicyclic) bond motifs is 1. The summed E-state index contributed by atoms with van der Waals surface area (Å²) in [6, 6.07) is 20.0. The van der Waals surface area contributed by atoms with E-state index in [1.165, 1.54) is 5.56 Å². The maximum Gasteiger partial charge on any atom is 0.230 e. The van der Waals surface area contributed by atoms with Crippen LogP contribution < -0.4 is 5.32 Å². The number of pyridine rings is 1. The van der Waals surface area contributed by atoms with Crippen molar-refractivity contribution in [2.75, 3.05) is 5.32 Å². The molecular weight excluding hydrogens is 336 g/mol. The van der Waals surface area contributed by atoms with Crippen LogP contribution in [0.3, 0.4) is 0 Å². The van der Waals surface area contributed by atoms with Crippen LogP contribution in [-0.2, 0) is 24.1 Å². The van der Waals surface area contributed by atoms with E-state index < -0.39 is 0 Å². The second kappa shape index (κ2) is 7.83. The number of anilines is 1. The van der Waals surface area contributed by atoms with Gasteiger partial charge in [-0.1, -0.05) is 42.5 Å². The van der Waals surface area contributed by atoms with E-state index in [1.54, 1.807) is 12.4 Å². The van der Waals surface area contributed by atoms with Crippen molar-refractivity contribution in [1.82, 2.24) is 15.2 Å². The molecule has 2 aromatic heterocycles. The molecule has 0 unspecified atom stereocenters. The van der Waals surface area contributed by atoms with Crippen LogP contribution in [0.15, 0.2) is 73.1 Å². The first kappa shape index (κ1) is 17.0. The number of aryl methyl sites for hydroxylation is 2. The summed E-state index contributed by atoms with van der Waals surface area (Å²) in [5.41, 5.74) is 3.23. The van der Waals surface area contributed by atoms with Crippen molar-refractivity contribution in [1.29, 1.82) is 0 Å². The lowest BCUT2D eigenvalue weighted by Gasteiger charge is -2.06. The molecule has 5 heteroatoms. The number of benzene rings is 2. The van der Waals surface area contributed by atoms with Crippen LogP contribution in [0.5, 0.6) is 0 Å². The number of hydrogen-bond acceptors (Lipinski definition) is 3. The number of carbonyl (C=O) groups is 1. The predicted octanol–water partition coefficient (Wildman–Crippen LogP) is 3.92. The third-order valence-corrected chi connectivity index (χ3v) is 4.56. The molecule has 2 aromatic carbocycles. The molecule has 2 N–H and O–H groups in total. The van der Waals surface area contributed by atoms with E-state index in [9.17, 15) is 4.79 Å². The van der Waals surface area contributed by atoms with E-state index in [0.717, 1.165) is 34.9 Å². The fourth-order valence-electron chi connectivity index (χ4n) is 3.19. The molecule has 0 radical (unpaired) electrons. The van der Waals surface area contributed by atoms with Crippen LogP contribution in [0.4, 0.5) is 5.82 Å². The smallest absolute Gasteiger partial charge is 0.230 e. The molecule has 2 heterocycles. The zero-order chi connectivity index (χ0) is 18.5. The number of aromatic nitrogens is 3. The Bertz CT molecular complexity index is 1050. The van der Waals surface area contributed by atoms with Gasteiger partial charge in [-0.3, -0.25) is 14.9 Å². The van der Waals surface area contributed by atoms with E-state index in [0.29, 0.717) is 12.2 Å². The number of aromatic amines is 1. The van der Waals surface area contributed by atoms with Gasteiger partial charge in [0.1, 0.15) is 0 Å². The van der Waals surface area contributed by atoms with Crippen molar-refractivity contribution < 1.29 is 4.79 Å². The number of amides is 1. The van der Waals surface area contributed by atoms with Crippen LogP contribution in [0.25, 0.3) is 10.8 Å². The van der Waals surface area contributed by atoms with Crippen molar-refractivity contribution in [3.05, 3.63) is 89.9 Å². The number of rotatable bonds is 6. The summed E-state index contributed by atoms with van der Waals surface area (Å²) in [6.07, 6.45) is 5.63. The molecule has 0 saturated heterocycles. The van der Waals surface area contributed by atoms with Gasteiger partial charge in [-0.25, -0.2) is 0 Å². The highest BCUT2D eigenvalue weighted by molar-refractivity contribution is 5.95. The van der Waals surface area contributed by atoms with E-state index in [2.05, 4.69) is 32.6 Å². The lowest BCUT2D eigenvalue weighted by atomic mass is 10.0. The number of nitrogens with zero attached hydrogens (tertiary/aromatic N) is 2. The highest BCUT2D eigenvalue weighted by Gasteiger charge is 2.09. The molecule has 4 aromatic rings. The molecule has 0 spiro atoms. The topological polar surface area (TPSA) is 70.7 Å². The highest BCUT2D eigenvalue weighted by Crippen LogP contribution is 2.19. The van der Waals surface area contributed by atoms with E-state index in [1.807, 2.05) is 48.5 Å². The summed E-state index contributed by atoms with van der Waals surface area (Å²) in [7, 11) is 0. The number of hydrogen-bond donors (Lipinski definition) is 2. The molecule has 1 amide bonds. The van der Waals surface area contributed by atoms with Gasteiger partial charge in [-0.05, 0) is 46.9 Å². The second-order valence-electron chi connectivity index (χ2n) is 6.50. The zero-order valence-corrected chi connectivity index (χ0v) is 14.9. The first-order chi connectivity index (χ1) is 13.3. The fraction of sp³-hybridized carbons (Fsp3) is 0.136. The van der Waals surface area contributed by atoms with Crippen LogP contribution in [0.1, 0.15) is 16.8 Å². The average Bonchev–Trinajstić information content (AvgIpc) is 3.15. The van der Waals surface area contributed by atoms with Crippen molar-refractivity contribution >= 4 is 22.5 Å². The normalized spacial score (nSPS) is 10.8. The number of H-pyrrole nitrogens is 1. The van der Waals surface area contributed by atoms with Crippen LogP contribution in [0.2, 0.25) is 0 Å². The largest absolute Gasteiger partial charge is 0.309 e. The molecule has 0 fully saturated rings. The van der Waals surface area contributed by atoms with Gasteiger partial charge in [0.15, 0.2) is 5.82 Å². The molecule has 0 aliphatic carbocycles. The van der Waals surface area contributed by atoms with Gasteiger partial charge in [0.05, 0.1) is 6.42 Å². The van der Waals surface area contributed by atoms with Crippen molar-refractivity contribution in [3.8, 4) is 0 Å². The SMILES string of the molecule is O=C(Cc1cccc2ccccc12)Nc1cc(CCc2ccncc2)[nH]n1. The first-order valence-electron chi connectivity index (χ1n) is 8.97. The lowest BCUT2D eigenvalue weighted by molar-refractivity contribution is -0.115. The van der Waals surface area contributed by atoms with Gasteiger partial charge < -0.3 is 5.32 Å². The summed E-state index contributed by atoms with van der Waals surface area (Å²) in [5, 5.41) is 12.3. The molecule has 134 valence electrons. The van der Waals surface area contributed by atoms with E-state index >= 15 is 0 Å². The van der Waals surface area contributed by atoms with Crippen LogP contribution >= 0.6 is 0 Å². The van der Waals surface area contributed by atoms with Gasteiger partial charge in [-0.2, -0.15) is 5.10 Å². The standard InChI is InChI=1S/C22H20N4O/c27-22(14-18-6-3-5-17-4-1-2-7-20(17)18)24-21-15-19(25-26-21)9-8-16-10-12-23-13-11-16/h1-7,10-13,15H,8-9,14H2,(H2,24,25,26,27). The maximum atomic E-state index is 12.4. The van der Waals surface area contributed by atoms with Gasteiger partial charge in [-0.15, -0.1) is 0 Å². The van der Waals surface area contributed by atoms with E-state index in [4.69, 9.17) is 0 Å². The lowest BCUT2D eigenvalue weighted by Crippen LogP contribution is -2.14. The minimum absolute atomic E-state index is 0.0708. The van der Waals surface area contributed by atoms with E-state index in [-0.39, 0.29) is 5.91 Å². The molecule has 5 nitrogen and oxygen atoms in total. The van der Waals surface area contributed by atoms with Crippen LogP contribution in [0, 0.1) is 0 Å². The third kappa shape index (κ3) is 4.20. The minimum Gasteiger partial charge on any atom is -0.309 e. The van der Waals surface area contributed by atoms with Gasteiger partial charge >= 0.3 is 0 Å². The van der Waals surface area contributed by atoms with Gasteiger partial charge in [0.2, 0.25) is 5.91 Å². The fourth-order valence-corrected chi connectivity index (χ4v) is 3.19. The Labute approximate surface area is 157 Å². The Hall–Kier alpha value is -3.47. The molecule has 27 heavy (non-hydrogen) atoms. The molecule has 0 aliphatic heterocycles. The van der Waals surface area contributed by atoms with Crippen LogP contribution in [-0.4, -0.2) is 21.1 Å². The molecule has 4 rings (SSSR count). The Balaban J connectivity index is 1.38. The Kier molecular flexibility index (Phi) is 4.92. The number of nitrogens with one attached hydrogen (secondary N) is 2. The maximum absolute atomic E-state index is 12.4. The molecular formula is C22H20N4O. The highest BCUT2D eigenvalue weighted by atomic mass is 16.1. The second-order valence-corrected chi connectivity index (χ2v) is 6.50. The summed E-state index contributed by atoms with van der Waals surface area (Å²) in [6.45, 7) is 0. The quantitative estimate of drug-likeness (QED) is 0.550. The average molecular weight is 356 g/mol. The van der Waals surface area contributed by atoms with Gasteiger partial charge in [0, 0.05) is 24.2 Å². The Morgan fingerprint density at radius 2 is 1.78 bits per heavy atom. The summed E-state index contributed by atoms with van der Waals surface area (Å²) in [4.78, 5) is 16.5. The molecule has 0 saturated carbocycles. The predicted molar refractivity (Wildman–Crippen MR) is 107 cm³/mol. The zero-order valence-electron chi connectivity index (χ0n) is 14.9. The molecule has 0 bridgehead atoms. The van der Waals surface area contributed by atoms with Gasteiger partial charge in [0.25, 0.3) is 0 Å². The monoisotopic (exact) mass is 356 g/mol. The molecule has 0 atom stereocenters. The third-order valence-electron chi connectivity index (χ3n) is 4.56. The van der Waals surface area contributed by atoms with Crippen molar-refractivity contribution in [2.24, 2.45) is 0 Å². The Morgan fingerprint density at radius 1 is 0.963 bits per heavy atom. The van der Waals surface area contributed by atoms with Crippen molar-refractivity contribution in [3.63, 3.8) is 0 Å². The minimum atomic E-state index is -0.0708. The Morgan fingerprint density at radius 3 is 2.67 bits per heavy atom. The first-order valence-corrected chi connectivity index (χ1v) is 8.97. The number of carbonyl (C=O) groups excluding carboxylic acids is 1. The summed E-state index contributed by atoms with van der Waals surface area (Å²) < 4.78 is 0.